The molecule has 0 spiro atoms. The van der Waals surface area contributed by atoms with E-state index in [4.69, 9.17) is 21.4 Å². The maximum absolute atomic E-state index is 11.6. The summed E-state index contributed by atoms with van der Waals surface area (Å²) in [5.74, 6) is -0.521. The Kier molecular flexibility index (Phi) is 7.71. The zero-order valence-corrected chi connectivity index (χ0v) is 12.8. The van der Waals surface area contributed by atoms with Crippen LogP contribution in [0.2, 0.25) is 0 Å². The highest BCUT2D eigenvalue weighted by Crippen LogP contribution is 2.11. The van der Waals surface area contributed by atoms with Crippen molar-refractivity contribution in [3.8, 4) is 0 Å². The number of carbonyl (C=O) groups is 2. The Bertz CT molecular complexity index is 495. The minimum Gasteiger partial charge on any atom is -0.480 e. The molecule has 7 heteroatoms. The quantitative estimate of drug-likeness (QED) is 0.767. The number of amides is 1. The Morgan fingerprint density at radius 1 is 1.38 bits per heavy atom. The molecule has 0 aromatic heterocycles. The van der Waals surface area contributed by atoms with E-state index in [-0.39, 0.29) is 12.4 Å². The third-order valence-corrected chi connectivity index (χ3v) is 3.76. The van der Waals surface area contributed by atoms with E-state index in [1.165, 1.54) is 11.8 Å². The highest BCUT2D eigenvalue weighted by atomic mass is 35.5. The molecule has 0 bridgehead atoms. The number of benzene rings is 1. The van der Waals surface area contributed by atoms with Gasteiger partial charge in [0.15, 0.2) is 0 Å². The van der Waals surface area contributed by atoms with E-state index in [0.717, 1.165) is 5.56 Å². The summed E-state index contributed by atoms with van der Waals surface area (Å²) in [6, 6.07) is 8.09. The summed E-state index contributed by atoms with van der Waals surface area (Å²) in [7, 11) is 0. The summed E-state index contributed by atoms with van der Waals surface area (Å²) in [6.45, 7) is 3.59. The smallest absolute Gasteiger partial charge is 0.408 e. The molecule has 1 aromatic rings. The number of thioether (sulfide) groups is 1. The molecule has 0 heterocycles. The van der Waals surface area contributed by atoms with Crippen LogP contribution in [0.25, 0.3) is 0 Å². The van der Waals surface area contributed by atoms with Gasteiger partial charge in [0.05, 0.1) is 0 Å². The van der Waals surface area contributed by atoms with E-state index in [9.17, 15) is 9.59 Å². The lowest BCUT2D eigenvalue weighted by atomic mass is 10.2. The van der Waals surface area contributed by atoms with Gasteiger partial charge in [0.25, 0.3) is 0 Å². The van der Waals surface area contributed by atoms with Crippen LogP contribution in [0.5, 0.6) is 0 Å². The summed E-state index contributed by atoms with van der Waals surface area (Å²) in [5.41, 5.74) is 0.826. The molecule has 1 unspecified atom stereocenters. The summed E-state index contributed by atoms with van der Waals surface area (Å²) in [6.07, 6.45) is -0.767. The molecule has 1 rings (SSSR count). The van der Waals surface area contributed by atoms with Gasteiger partial charge in [0, 0.05) is 16.5 Å². The molecule has 1 amide bonds. The van der Waals surface area contributed by atoms with Crippen molar-refractivity contribution in [2.75, 3.05) is 11.5 Å². The highest BCUT2D eigenvalue weighted by molar-refractivity contribution is 7.99. The summed E-state index contributed by atoms with van der Waals surface area (Å²) >= 11 is 6.86. The minimum atomic E-state index is -1.13. The van der Waals surface area contributed by atoms with Crippen molar-refractivity contribution in [1.29, 1.82) is 0 Å². The van der Waals surface area contributed by atoms with Crippen LogP contribution in [0.3, 0.4) is 0 Å². The molecule has 2 N–H and O–H groups in total. The van der Waals surface area contributed by atoms with Gasteiger partial charge in [-0.2, -0.15) is 11.8 Å². The van der Waals surface area contributed by atoms with Crippen molar-refractivity contribution in [2.24, 2.45) is 0 Å². The molecule has 5 nitrogen and oxygen atoms in total. The van der Waals surface area contributed by atoms with Crippen LogP contribution >= 0.6 is 23.4 Å². The molecule has 0 aliphatic heterocycles. The van der Waals surface area contributed by atoms with Gasteiger partial charge in [-0.05, 0) is 5.56 Å². The monoisotopic (exact) mass is 329 g/mol. The Morgan fingerprint density at radius 3 is 2.62 bits per heavy atom. The first-order valence-electron chi connectivity index (χ1n) is 6.10. The number of hydrogen-bond donors (Lipinski definition) is 2. The fourth-order valence-electron chi connectivity index (χ4n) is 1.37. The lowest BCUT2D eigenvalue weighted by Crippen LogP contribution is -2.42. The zero-order valence-electron chi connectivity index (χ0n) is 11.3. The van der Waals surface area contributed by atoms with E-state index in [0.29, 0.717) is 10.8 Å². The minimum absolute atomic E-state index is 0.0879. The Hall–Kier alpha value is -1.66. The van der Waals surface area contributed by atoms with Crippen molar-refractivity contribution >= 4 is 35.4 Å². The Balaban J connectivity index is 2.38. The van der Waals surface area contributed by atoms with Crippen molar-refractivity contribution in [2.45, 2.75) is 12.6 Å². The first-order chi connectivity index (χ1) is 9.99. The van der Waals surface area contributed by atoms with Crippen molar-refractivity contribution in [1.82, 2.24) is 5.32 Å². The first kappa shape index (κ1) is 17.4. The molecule has 114 valence electrons. The molecule has 0 aliphatic carbocycles. The molecule has 0 radical (unpaired) electrons. The van der Waals surface area contributed by atoms with Gasteiger partial charge in [-0.3, -0.25) is 0 Å². The van der Waals surface area contributed by atoms with Gasteiger partial charge in [-0.15, -0.1) is 0 Å². The van der Waals surface area contributed by atoms with Crippen molar-refractivity contribution in [3.63, 3.8) is 0 Å². The molecule has 0 saturated heterocycles. The number of carboxylic acid groups (broad SMARTS) is 1. The van der Waals surface area contributed by atoms with Gasteiger partial charge in [-0.25, -0.2) is 9.59 Å². The van der Waals surface area contributed by atoms with E-state index in [2.05, 4.69) is 11.9 Å². The van der Waals surface area contributed by atoms with Crippen LogP contribution in [0, 0.1) is 0 Å². The van der Waals surface area contributed by atoms with Gasteiger partial charge in [0.2, 0.25) is 0 Å². The fourth-order valence-corrected chi connectivity index (χ4v) is 2.40. The van der Waals surface area contributed by atoms with Crippen LogP contribution in [0.4, 0.5) is 4.79 Å². The number of carboxylic acids is 1. The SMILES string of the molecule is C=C(Cl)CSCC(NC(=O)OCc1ccccc1)C(=O)O. The second kappa shape index (κ2) is 9.31. The number of halogens is 1. The van der Waals surface area contributed by atoms with Crippen LogP contribution in [-0.2, 0) is 16.1 Å². The van der Waals surface area contributed by atoms with Crippen molar-refractivity contribution < 1.29 is 19.4 Å². The van der Waals surface area contributed by atoms with E-state index in [1.54, 1.807) is 0 Å². The van der Waals surface area contributed by atoms with Gasteiger partial charge in [0.1, 0.15) is 12.6 Å². The Morgan fingerprint density at radius 2 is 2.05 bits per heavy atom. The second-order valence-electron chi connectivity index (χ2n) is 4.13. The standard InChI is InChI=1S/C14H16ClNO4S/c1-10(15)8-21-9-12(13(17)18)16-14(19)20-7-11-5-3-2-4-6-11/h2-6,12H,1,7-9H2,(H,16,19)(H,17,18). The molecule has 0 aliphatic rings. The third kappa shape index (κ3) is 7.63. The second-order valence-corrected chi connectivity index (χ2v) is 5.69. The maximum atomic E-state index is 11.6. The molecule has 0 saturated carbocycles. The molecule has 0 fully saturated rings. The van der Waals surface area contributed by atoms with E-state index in [1.807, 2.05) is 30.3 Å². The normalized spacial score (nSPS) is 11.5. The van der Waals surface area contributed by atoms with Crippen molar-refractivity contribution in [3.05, 3.63) is 47.5 Å². The average Bonchev–Trinajstić information content (AvgIpc) is 2.44. The lowest BCUT2D eigenvalue weighted by Gasteiger charge is -2.14. The predicted molar refractivity (Wildman–Crippen MR) is 83.5 cm³/mol. The summed E-state index contributed by atoms with van der Waals surface area (Å²) in [5, 5.41) is 11.8. The van der Waals surface area contributed by atoms with Gasteiger partial charge < -0.3 is 15.2 Å². The number of nitrogens with one attached hydrogen (secondary N) is 1. The Labute approximate surface area is 132 Å². The van der Waals surface area contributed by atoms with Gasteiger partial charge in [-0.1, -0.05) is 48.5 Å². The molecular weight excluding hydrogens is 314 g/mol. The fraction of sp³-hybridized carbons (Fsp3) is 0.286. The van der Waals surface area contributed by atoms with Crippen LogP contribution < -0.4 is 5.32 Å². The number of rotatable bonds is 8. The third-order valence-electron chi connectivity index (χ3n) is 2.35. The maximum Gasteiger partial charge on any atom is 0.408 e. The van der Waals surface area contributed by atoms with Crippen LogP contribution in [0.15, 0.2) is 41.9 Å². The van der Waals surface area contributed by atoms with Crippen LogP contribution in [-0.4, -0.2) is 34.7 Å². The summed E-state index contributed by atoms with van der Waals surface area (Å²) < 4.78 is 4.97. The number of carbonyl (C=O) groups excluding carboxylic acids is 1. The lowest BCUT2D eigenvalue weighted by molar-refractivity contribution is -0.138. The predicted octanol–water partition coefficient (Wildman–Crippen LogP) is 2.85. The van der Waals surface area contributed by atoms with Crippen LogP contribution in [0.1, 0.15) is 5.56 Å². The van der Waals surface area contributed by atoms with E-state index < -0.39 is 18.1 Å². The molecule has 21 heavy (non-hydrogen) atoms. The molecule has 1 atom stereocenters. The largest absolute Gasteiger partial charge is 0.480 e. The molecular formula is C14H16ClNO4S. The number of alkyl carbamates (subject to hydrolysis) is 1. The van der Waals surface area contributed by atoms with Gasteiger partial charge >= 0.3 is 12.1 Å². The first-order valence-corrected chi connectivity index (χ1v) is 7.63. The topological polar surface area (TPSA) is 75.6 Å². The van der Waals surface area contributed by atoms with E-state index >= 15 is 0 Å². The summed E-state index contributed by atoms with van der Waals surface area (Å²) in [4.78, 5) is 22.6. The number of hydrogen-bond acceptors (Lipinski definition) is 4. The zero-order chi connectivity index (χ0) is 15.7. The average molecular weight is 330 g/mol. The highest BCUT2D eigenvalue weighted by Gasteiger charge is 2.20. The molecule has 1 aromatic carbocycles. The number of ether oxygens (including phenoxy) is 1. The number of aliphatic carboxylic acids is 1.